The Morgan fingerprint density at radius 2 is 1.50 bits per heavy atom. The van der Waals surface area contributed by atoms with Crippen LogP contribution in [0.3, 0.4) is 0 Å². The molecular weight excluding hydrogens is 146 g/mol. The van der Waals surface area contributed by atoms with Crippen molar-refractivity contribution in [3.63, 3.8) is 0 Å². The maximum Gasteiger partial charge on any atom is 0.0316 e. The second-order valence-corrected chi connectivity index (χ2v) is 2.34. The van der Waals surface area contributed by atoms with Gasteiger partial charge >= 0.3 is 0 Å². The zero-order valence-corrected chi connectivity index (χ0v) is 7.81. The molecule has 1 aromatic rings. The highest BCUT2D eigenvalue weighted by atomic mass is 14.5. The molecule has 0 saturated heterocycles. The van der Waals surface area contributed by atoms with Crippen LogP contribution in [0.4, 0.5) is 5.69 Å². The van der Waals surface area contributed by atoms with Gasteiger partial charge in [-0.05, 0) is 37.1 Å². The summed E-state index contributed by atoms with van der Waals surface area (Å²) in [6, 6.07) is 5.93. The highest BCUT2D eigenvalue weighted by Gasteiger charge is 1.89. The maximum absolute atomic E-state index is 5.53. The number of rotatable bonds is 0. The molecule has 0 atom stereocenters. The Morgan fingerprint density at radius 1 is 1.00 bits per heavy atom. The Hall–Kier alpha value is -0.980. The number of aryl methyl sites for hydroxylation is 2. The van der Waals surface area contributed by atoms with E-state index in [0.29, 0.717) is 0 Å². The third kappa shape index (κ3) is 4.02. The molecular formula is C11H21N. The molecule has 0 aliphatic heterocycles. The van der Waals surface area contributed by atoms with E-state index in [4.69, 9.17) is 5.73 Å². The average molecular weight is 167 g/mol. The van der Waals surface area contributed by atoms with Crippen molar-refractivity contribution < 1.29 is 0 Å². The van der Waals surface area contributed by atoms with Crippen LogP contribution in [0.25, 0.3) is 0 Å². The number of hydrogen-bond acceptors (Lipinski definition) is 1. The first kappa shape index (κ1) is 13.6. The summed E-state index contributed by atoms with van der Waals surface area (Å²) in [5.41, 5.74) is 8.93. The van der Waals surface area contributed by atoms with E-state index in [1.165, 1.54) is 11.1 Å². The van der Waals surface area contributed by atoms with Crippen LogP contribution in [0, 0.1) is 13.8 Å². The lowest BCUT2D eigenvalue weighted by Crippen LogP contribution is -1.86. The van der Waals surface area contributed by atoms with Crippen LogP contribution in [-0.4, -0.2) is 0 Å². The first-order valence-corrected chi connectivity index (χ1v) is 4.03. The summed E-state index contributed by atoms with van der Waals surface area (Å²) in [7, 11) is 0. The normalized spacial score (nSPS) is 7.67. The van der Waals surface area contributed by atoms with Crippen molar-refractivity contribution in [1.29, 1.82) is 0 Å². The lowest BCUT2D eigenvalue weighted by Gasteiger charge is -1.98. The van der Waals surface area contributed by atoms with Crippen molar-refractivity contribution in [3.05, 3.63) is 29.3 Å². The van der Waals surface area contributed by atoms with Crippen molar-refractivity contribution >= 4 is 5.69 Å². The monoisotopic (exact) mass is 167 g/mol. The molecule has 0 saturated carbocycles. The molecule has 1 nitrogen and oxygen atoms in total. The van der Waals surface area contributed by atoms with Gasteiger partial charge in [-0.15, -0.1) is 0 Å². The van der Waals surface area contributed by atoms with Crippen LogP contribution in [-0.2, 0) is 0 Å². The molecule has 1 heteroatoms. The van der Waals surface area contributed by atoms with Crippen molar-refractivity contribution in [2.24, 2.45) is 0 Å². The van der Waals surface area contributed by atoms with Crippen molar-refractivity contribution in [2.45, 2.75) is 35.1 Å². The first-order valence-electron chi connectivity index (χ1n) is 4.03. The van der Waals surface area contributed by atoms with Crippen LogP contribution in [0.5, 0.6) is 0 Å². The van der Waals surface area contributed by atoms with Crippen LogP contribution >= 0.6 is 0 Å². The van der Waals surface area contributed by atoms with Crippen LogP contribution in [0.2, 0.25) is 0 Å². The fourth-order valence-corrected chi connectivity index (χ4v) is 0.765. The van der Waals surface area contributed by atoms with Crippen LogP contribution in [0.15, 0.2) is 18.2 Å². The predicted molar refractivity (Wildman–Crippen MR) is 58.4 cm³/mol. The fraction of sp³-hybridized carbons (Fsp3) is 0.455. The molecule has 0 fully saturated rings. The Morgan fingerprint density at radius 3 is 1.83 bits per heavy atom. The van der Waals surface area contributed by atoms with Gasteiger partial charge in [-0.3, -0.25) is 0 Å². The van der Waals surface area contributed by atoms with Gasteiger partial charge in [0.05, 0.1) is 0 Å². The Kier molecular flexibility index (Phi) is 7.61. The van der Waals surface area contributed by atoms with Gasteiger partial charge in [-0.2, -0.15) is 0 Å². The van der Waals surface area contributed by atoms with Gasteiger partial charge in [0.1, 0.15) is 0 Å². The maximum atomic E-state index is 5.53. The van der Waals surface area contributed by atoms with Gasteiger partial charge in [-0.25, -0.2) is 0 Å². The third-order valence-electron chi connectivity index (χ3n) is 1.53. The summed E-state index contributed by atoms with van der Waals surface area (Å²) in [4.78, 5) is 0. The van der Waals surface area contributed by atoms with Gasteiger partial charge in [0.2, 0.25) is 0 Å². The van der Waals surface area contributed by atoms with Crippen molar-refractivity contribution in [1.82, 2.24) is 0 Å². The summed E-state index contributed by atoms with van der Waals surface area (Å²) in [5, 5.41) is 0. The summed E-state index contributed by atoms with van der Waals surface area (Å²) in [6.07, 6.45) is 0. The molecule has 1 aromatic carbocycles. The molecule has 0 amide bonds. The number of anilines is 1. The molecule has 70 valence electrons. The van der Waals surface area contributed by atoms with Gasteiger partial charge in [-0.1, -0.05) is 27.3 Å². The highest BCUT2D eigenvalue weighted by molar-refractivity contribution is 5.43. The van der Waals surface area contributed by atoms with E-state index >= 15 is 0 Å². The van der Waals surface area contributed by atoms with E-state index in [1.54, 1.807) is 0 Å². The molecule has 0 aliphatic rings. The Bertz CT molecular complexity index is 216. The van der Waals surface area contributed by atoms with Gasteiger partial charge in [0.15, 0.2) is 0 Å². The largest absolute Gasteiger partial charge is 0.399 e. The zero-order valence-electron chi connectivity index (χ0n) is 7.81. The molecule has 0 aromatic heterocycles. The minimum Gasteiger partial charge on any atom is -0.399 e. The van der Waals surface area contributed by atoms with Crippen molar-refractivity contribution in [3.8, 4) is 0 Å². The number of hydrogen-bond donors (Lipinski definition) is 1. The number of benzene rings is 1. The summed E-state index contributed by atoms with van der Waals surface area (Å²) < 4.78 is 0. The van der Waals surface area contributed by atoms with Crippen LogP contribution < -0.4 is 5.73 Å². The van der Waals surface area contributed by atoms with Crippen LogP contribution in [0.1, 0.15) is 32.4 Å². The zero-order chi connectivity index (χ0) is 8.85. The van der Waals surface area contributed by atoms with Gasteiger partial charge in [0, 0.05) is 5.69 Å². The SMILES string of the molecule is C.CC.Cc1ccc(N)cc1C. The molecule has 1 rings (SSSR count). The Balaban J connectivity index is 0. The molecule has 0 heterocycles. The molecule has 0 bridgehead atoms. The molecule has 0 spiro atoms. The lowest BCUT2D eigenvalue weighted by atomic mass is 10.1. The number of nitrogen functional groups attached to an aromatic ring is 1. The van der Waals surface area contributed by atoms with Gasteiger partial charge < -0.3 is 5.73 Å². The summed E-state index contributed by atoms with van der Waals surface area (Å²) in [5.74, 6) is 0. The van der Waals surface area contributed by atoms with E-state index in [9.17, 15) is 0 Å². The minimum absolute atomic E-state index is 0. The van der Waals surface area contributed by atoms with Crippen molar-refractivity contribution in [2.75, 3.05) is 5.73 Å². The summed E-state index contributed by atoms with van der Waals surface area (Å²) in [6.45, 7) is 8.14. The smallest absolute Gasteiger partial charge is 0.0316 e. The van der Waals surface area contributed by atoms with E-state index in [0.717, 1.165) is 5.69 Å². The fourth-order valence-electron chi connectivity index (χ4n) is 0.765. The average Bonchev–Trinajstić information content (AvgIpc) is 2.02. The summed E-state index contributed by atoms with van der Waals surface area (Å²) >= 11 is 0. The highest BCUT2D eigenvalue weighted by Crippen LogP contribution is 2.09. The quantitative estimate of drug-likeness (QED) is 0.587. The van der Waals surface area contributed by atoms with E-state index in [1.807, 2.05) is 32.0 Å². The third-order valence-corrected chi connectivity index (χ3v) is 1.53. The molecule has 2 N–H and O–H groups in total. The first-order chi connectivity index (χ1) is 5.20. The second kappa shape index (κ2) is 6.71. The van der Waals surface area contributed by atoms with E-state index in [2.05, 4.69) is 13.8 Å². The second-order valence-electron chi connectivity index (χ2n) is 2.34. The molecule has 0 aliphatic carbocycles. The Labute approximate surface area is 76.6 Å². The predicted octanol–water partition coefficient (Wildman–Crippen LogP) is 3.55. The van der Waals surface area contributed by atoms with E-state index < -0.39 is 0 Å². The molecule has 0 radical (unpaired) electrons. The topological polar surface area (TPSA) is 26.0 Å². The number of nitrogens with two attached hydrogens (primary N) is 1. The molecule has 0 unspecified atom stereocenters. The van der Waals surface area contributed by atoms with E-state index in [-0.39, 0.29) is 7.43 Å². The molecule has 12 heavy (non-hydrogen) atoms. The van der Waals surface area contributed by atoms with Gasteiger partial charge in [0.25, 0.3) is 0 Å². The standard InChI is InChI=1S/C8H11N.C2H6.CH4/c1-6-3-4-8(9)5-7(6)2;1-2;/h3-5H,9H2,1-2H3;1-2H3;1H4. The lowest BCUT2D eigenvalue weighted by molar-refractivity contribution is 1.34. The minimum atomic E-state index is 0.